The van der Waals surface area contributed by atoms with E-state index in [2.05, 4.69) is 10.6 Å². The van der Waals surface area contributed by atoms with E-state index in [4.69, 9.17) is 5.73 Å². The summed E-state index contributed by atoms with van der Waals surface area (Å²) in [7, 11) is 0. The Kier molecular flexibility index (Phi) is 5.32. The highest BCUT2D eigenvalue weighted by Crippen LogP contribution is 2.09. The quantitative estimate of drug-likeness (QED) is 0.731. The van der Waals surface area contributed by atoms with Crippen LogP contribution in [0.3, 0.4) is 0 Å². The van der Waals surface area contributed by atoms with Crippen molar-refractivity contribution in [2.75, 3.05) is 11.9 Å². The van der Waals surface area contributed by atoms with Gasteiger partial charge in [0, 0.05) is 17.8 Å². The molecule has 0 spiro atoms. The van der Waals surface area contributed by atoms with Gasteiger partial charge in [0.05, 0.1) is 6.04 Å². The van der Waals surface area contributed by atoms with Crippen molar-refractivity contribution in [2.24, 2.45) is 5.73 Å². The van der Waals surface area contributed by atoms with Gasteiger partial charge in [0.25, 0.3) is 5.91 Å². The molecule has 0 saturated heterocycles. The fourth-order valence-corrected chi connectivity index (χ4v) is 1.30. The number of amides is 2. The van der Waals surface area contributed by atoms with Crippen LogP contribution in [0, 0.1) is 0 Å². The Hall–Kier alpha value is -1.88. The summed E-state index contributed by atoms with van der Waals surface area (Å²) < 4.78 is 0. The second-order valence-electron chi connectivity index (χ2n) is 4.11. The van der Waals surface area contributed by atoms with Crippen LogP contribution in [0.1, 0.15) is 30.6 Å². The fraction of sp³-hybridized carbons (Fsp3) is 0.385. The van der Waals surface area contributed by atoms with Gasteiger partial charge in [0.15, 0.2) is 0 Å². The third-order valence-electron chi connectivity index (χ3n) is 2.36. The van der Waals surface area contributed by atoms with Crippen LogP contribution in [0.2, 0.25) is 0 Å². The summed E-state index contributed by atoms with van der Waals surface area (Å²) in [5.41, 5.74) is 6.64. The average Bonchev–Trinajstić information content (AvgIpc) is 2.36. The van der Waals surface area contributed by atoms with Gasteiger partial charge in [0.1, 0.15) is 0 Å². The number of carbonyl (C=O) groups is 2. The molecule has 0 aliphatic heterocycles. The van der Waals surface area contributed by atoms with Crippen molar-refractivity contribution in [1.82, 2.24) is 5.32 Å². The molecule has 1 atom stereocenters. The van der Waals surface area contributed by atoms with Crippen LogP contribution < -0.4 is 16.4 Å². The summed E-state index contributed by atoms with van der Waals surface area (Å²) >= 11 is 0. The first kappa shape index (κ1) is 14.2. The highest BCUT2D eigenvalue weighted by molar-refractivity contribution is 5.96. The summed E-state index contributed by atoms with van der Waals surface area (Å²) in [6.45, 7) is 4.26. The van der Waals surface area contributed by atoms with Crippen molar-refractivity contribution in [1.29, 1.82) is 0 Å². The van der Waals surface area contributed by atoms with Crippen LogP contribution in [0.25, 0.3) is 0 Å². The van der Waals surface area contributed by atoms with Gasteiger partial charge < -0.3 is 16.4 Å². The van der Waals surface area contributed by atoms with E-state index >= 15 is 0 Å². The lowest BCUT2D eigenvalue weighted by atomic mass is 10.2. The molecule has 0 fully saturated rings. The topological polar surface area (TPSA) is 84.2 Å². The molecule has 2 amide bonds. The van der Waals surface area contributed by atoms with Crippen LogP contribution in [-0.4, -0.2) is 24.4 Å². The van der Waals surface area contributed by atoms with Gasteiger partial charge in [0.2, 0.25) is 5.91 Å². The number of hydrogen-bond acceptors (Lipinski definition) is 3. The summed E-state index contributed by atoms with van der Waals surface area (Å²) in [5.74, 6) is -0.361. The van der Waals surface area contributed by atoms with E-state index < -0.39 is 6.04 Å². The molecule has 0 heterocycles. The van der Waals surface area contributed by atoms with Crippen LogP contribution in [0.4, 0.5) is 5.69 Å². The number of nitrogens with one attached hydrogen (secondary N) is 2. The van der Waals surface area contributed by atoms with Crippen molar-refractivity contribution in [3.8, 4) is 0 Å². The van der Waals surface area contributed by atoms with Crippen molar-refractivity contribution >= 4 is 17.5 Å². The predicted molar refractivity (Wildman–Crippen MR) is 71.3 cm³/mol. The molecule has 5 nitrogen and oxygen atoms in total. The fourth-order valence-electron chi connectivity index (χ4n) is 1.30. The third kappa shape index (κ3) is 4.18. The Labute approximate surface area is 107 Å². The van der Waals surface area contributed by atoms with E-state index in [1.807, 2.05) is 6.92 Å². The maximum absolute atomic E-state index is 11.6. The summed E-state index contributed by atoms with van der Waals surface area (Å²) in [6, 6.07) is 6.14. The Balaban J connectivity index is 2.62. The van der Waals surface area contributed by atoms with E-state index in [-0.39, 0.29) is 11.8 Å². The molecule has 1 aromatic carbocycles. The van der Waals surface area contributed by atoms with Gasteiger partial charge >= 0.3 is 0 Å². The van der Waals surface area contributed by atoms with Gasteiger partial charge in [-0.25, -0.2) is 0 Å². The molecule has 0 aromatic heterocycles. The number of carbonyl (C=O) groups excluding carboxylic acids is 2. The molecule has 1 rings (SSSR count). The number of nitrogens with two attached hydrogens (primary N) is 1. The van der Waals surface area contributed by atoms with E-state index in [1.54, 1.807) is 31.2 Å². The molecule has 1 aromatic rings. The van der Waals surface area contributed by atoms with E-state index in [0.717, 1.165) is 6.42 Å². The second kappa shape index (κ2) is 6.76. The van der Waals surface area contributed by atoms with Crippen molar-refractivity contribution in [3.63, 3.8) is 0 Å². The number of hydrogen-bond donors (Lipinski definition) is 3. The van der Waals surface area contributed by atoms with E-state index in [0.29, 0.717) is 17.8 Å². The smallest absolute Gasteiger partial charge is 0.251 e. The molecule has 0 aliphatic carbocycles. The summed E-state index contributed by atoms with van der Waals surface area (Å²) in [5, 5.41) is 5.44. The first-order valence-electron chi connectivity index (χ1n) is 5.99. The molecule has 0 bridgehead atoms. The number of rotatable bonds is 5. The number of benzene rings is 1. The summed E-state index contributed by atoms with van der Waals surface area (Å²) in [6.07, 6.45) is 0.897. The Morgan fingerprint density at radius 1 is 1.28 bits per heavy atom. The van der Waals surface area contributed by atoms with Gasteiger partial charge in [-0.1, -0.05) is 6.92 Å². The molecule has 98 valence electrons. The molecule has 0 aliphatic rings. The lowest BCUT2D eigenvalue weighted by molar-refractivity contribution is -0.117. The van der Waals surface area contributed by atoms with Crippen molar-refractivity contribution < 1.29 is 9.59 Å². The maximum Gasteiger partial charge on any atom is 0.251 e. The lowest BCUT2D eigenvalue weighted by Gasteiger charge is -2.08. The minimum atomic E-state index is -0.558. The monoisotopic (exact) mass is 249 g/mol. The molecule has 5 heteroatoms. The Morgan fingerprint density at radius 2 is 1.89 bits per heavy atom. The molecular weight excluding hydrogens is 230 g/mol. The molecule has 4 N–H and O–H groups in total. The lowest BCUT2D eigenvalue weighted by Crippen LogP contribution is -2.32. The molecule has 0 radical (unpaired) electrons. The highest BCUT2D eigenvalue weighted by atomic mass is 16.2. The number of anilines is 1. The van der Waals surface area contributed by atoms with E-state index in [1.165, 1.54) is 0 Å². The molecule has 0 saturated carbocycles. The van der Waals surface area contributed by atoms with Gasteiger partial charge in [-0.15, -0.1) is 0 Å². The first-order valence-corrected chi connectivity index (χ1v) is 5.99. The largest absolute Gasteiger partial charge is 0.352 e. The molecular formula is C13H19N3O2. The van der Waals surface area contributed by atoms with Crippen molar-refractivity contribution in [3.05, 3.63) is 29.8 Å². The summed E-state index contributed by atoms with van der Waals surface area (Å²) in [4.78, 5) is 23.0. The minimum absolute atomic E-state index is 0.109. The maximum atomic E-state index is 11.6. The highest BCUT2D eigenvalue weighted by Gasteiger charge is 2.08. The predicted octanol–water partition coefficient (Wildman–Crippen LogP) is 1.11. The van der Waals surface area contributed by atoms with E-state index in [9.17, 15) is 9.59 Å². The average molecular weight is 249 g/mol. The zero-order chi connectivity index (χ0) is 13.5. The zero-order valence-corrected chi connectivity index (χ0v) is 10.7. The first-order chi connectivity index (χ1) is 8.54. The van der Waals surface area contributed by atoms with Crippen molar-refractivity contribution in [2.45, 2.75) is 26.3 Å². The standard InChI is InChI=1S/C13H19N3O2/c1-3-8-15-13(18)10-4-6-11(7-5-10)16-12(17)9(2)14/h4-7,9H,3,8,14H2,1-2H3,(H,15,18)(H,16,17)/t9-/m1/s1. The Bertz CT molecular complexity index is 413. The normalized spacial score (nSPS) is 11.7. The second-order valence-corrected chi connectivity index (χ2v) is 4.11. The zero-order valence-electron chi connectivity index (χ0n) is 10.7. The Morgan fingerprint density at radius 3 is 2.39 bits per heavy atom. The third-order valence-corrected chi connectivity index (χ3v) is 2.36. The minimum Gasteiger partial charge on any atom is -0.352 e. The van der Waals surface area contributed by atoms with Crippen LogP contribution in [0.5, 0.6) is 0 Å². The van der Waals surface area contributed by atoms with Gasteiger partial charge in [-0.2, -0.15) is 0 Å². The van der Waals surface area contributed by atoms with Crippen LogP contribution in [0.15, 0.2) is 24.3 Å². The van der Waals surface area contributed by atoms with Gasteiger partial charge in [-0.05, 0) is 37.6 Å². The SMILES string of the molecule is CCCNC(=O)c1ccc(NC(=O)[C@@H](C)N)cc1. The van der Waals surface area contributed by atoms with Crippen LogP contribution >= 0.6 is 0 Å². The molecule has 0 unspecified atom stereocenters. The molecule has 18 heavy (non-hydrogen) atoms. The van der Waals surface area contributed by atoms with Gasteiger partial charge in [-0.3, -0.25) is 9.59 Å². The van der Waals surface area contributed by atoms with Crippen LogP contribution in [-0.2, 0) is 4.79 Å².